The summed E-state index contributed by atoms with van der Waals surface area (Å²) in [7, 11) is 0. The molecule has 1 fully saturated rings. The fourth-order valence-electron chi connectivity index (χ4n) is 2.65. The van der Waals surface area contributed by atoms with Gasteiger partial charge in [-0.05, 0) is 24.5 Å². The lowest BCUT2D eigenvalue weighted by atomic mass is 10.2. The van der Waals surface area contributed by atoms with Crippen LogP contribution in [0, 0.1) is 11.3 Å². The van der Waals surface area contributed by atoms with Crippen LogP contribution in [-0.4, -0.2) is 26.2 Å². The van der Waals surface area contributed by atoms with Gasteiger partial charge in [0.1, 0.15) is 5.54 Å². The lowest BCUT2D eigenvalue weighted by Crippen LogP contribution is -2.35. The molecule has 1 aliphatic rings. The molecule has 0 saturated heterocycles. The first-order chi connectivity index (χ1) is 11.7. The van der Waals surface area contributed by atoms with Gasteiger partial charge >= 0.3 is 0 Å². The summed E-state index contributed by atoms with van der Waals surface area (Å²) in [5, 5.41) is 17.0. The Morgan fingerprint density at radius 2 is 2.08 bits per heavy atom. The normalized spacial score (nSPS) is 15.0. The van der Waals surface area contributed by atoms with Gasteiger partial charge in [-0.2, -0.15) is 10.4 Å². The number of nitrogens with zero attached hydrogens (tertiary/aromatic N) is 4. The number of nitrogens with one attached hydrogen (secondary N) is 1. The lowest BCUT2D eigenvalue weighted by Gasteiger charge is -2.09. The van der Waals surface area contributed by atoms with Gasteiger partial charge in [-0.3, -0.25) is 4.79 Å². The molecular weight excluding hydrogens is 302 g/mol. The van der Waals surface area contributed by atoms with Gasteiger partial charge in [0.05, 0.1) is 24.4 Å². The zero-order valence-electron chi connectivity index (χ0n) is 12.9. The molecule has 3 aromatic rings. The molecule has 4 rings (SSSR count). The Bertz CT molecular complexity index is 950. The second kappa shape index (κ2) is 5.46. The Kier molecular flexibility index (Phi) is 3.28. The molecule has 0 bridgehead atoms. The molecule has 1 saturated carbocycles. The maximum atomic E-state index is 12.3. The SMILES string of the molecule is N#CC1(NC(=O)c2cnc3c(cnn3Cc3ccccc3)c2)CC1. The Morgan fingerprint density at radius 3 is 2.79 bits per heavy atom. The predicted molar refractivity (Wildman–Crippen MR) is 88.1 cm³/mol. The fraction of sp³-hybridized carbons (Fsp3) is 0.222. The number of nitriles is 1. The smallest absolute Gasteiger partial charge is 0.254 e. The van der Waals surface area contributed by atoms with E-state index in [9.17, 15) is 4.79 Å². The van der Waals surface area contributed by atoms with Gasteiger partial charge in [0.25, 0.3) is 5.91 Å². The minimum atomic E-state index is -0.677. The van der Waals surface area contributed by atoms with E-state index in [4.69, 9.17) is 5.26 Å². The van der Waals surface area contributed by atoms with Crippen LogP contribution in [0.1, 0.15) is 28.8 Å². The van der Waals surface area contributed by atoms with Crippen molar-refractivity contribution in [2.75, 3.05) is 0 Å². The molecule has 0 atom stereocenters. The van der Waals surface area contributed by atoms with Gasteiger partial charge in [-0.15, -0.1) is 0 Å². The minimum Gasteiger partial charge on any atom is -0.334 e. The Morgan fingerprint density at radius 1 is 1.29 bits per heavy atom. The summed E-state index contributed by atoms with van der Waals surface area (Å²) in [6, 6.07) is 13.9. The third kappa shape index (κ3) is 2.61. The monoisotopic (exact) mass is 317 g/mol. The first-order valence-electron chi connectivity index (χ1n) is 7.78. The van der Waals surface area contributed by atoms with Gasteiger partial charge in [-0.25, -0.2) is 9.67 Å². The van der Waals surface area contributed by atoms with Crippen molar-refractivity contribution in [3.05, 3.63) is 59.9 Å². The minimum absolute atomic E-state index is 0.265. The third-order valence-corrected chi connectivity index (χ3v) is 4.23. The summed E-state index contributed by atoms with van der Waals surface area (Å²) >= 11 is 0. The number of carbonyl (C=O) groups excluding carboxylic acids is 1. The number of hydrogen-bond acceptors (Lipinski definition) is 4. The number of pyridine rings is 1. The molecule has 118 valence electrons. The van der Waals surface area contributed by atoms with Crippen molar-refractivity contribution >= 4 is 16.9 Å². The summed E-state index contributed by atoms with van der Waals surface area (Å²) < 4.78 is 1.81. The maximum Gasteiger partial charge on any atom is 0.254 e. The van der Waals surface area contributed by atoms with E-state index in [0.717, 1.165) is 16.6 Å². The zero-order chi connectivity index (χ0) is 16.6. The van der Waals surface area contributed by atoms with Crippen LogP contribution in [0.3, 0.4) is 0 Å². The van der Waals surface area contributed by atoms with Gasteiger partial charge < -0.3 is 5.32 Å². The number of carbonyl (C=O) groups is 1. The molecule has 1 N–H and O–H groups in total. The van der Waals surface area contributed by atoms with Crippen LogP contribution in [0.15, 0.2) is 48.8 Å². The highest BCUT2D eigenvalue weighted by atomic mass is 16.1. The van der Waals surface area contributed by atoms with Crippen LogP contribution < -0.4 is 5.32 Å². The summed E-state index contributed by atoms with van der Waals surface area (Å²) in [6.45, 7) is 0.625. The summed E-state index contributed by atoms with van der Waals surface area (Å²) in [6.07, 6.45) is 4.66. The second-order valence-corrected chi connectivity index (χ2v) is 6.07. The molecule has 0 unspecified atom stereocenters. The highest BCUT2D eigenvalue weighted by Gasteiger charge is 2.44. The van der Waals surface area contributed by atoms with Crippen molar-refractivity contribution in [2.24, 2.45) is 0 Å². The third-order valence-electron chi connectivity index (χ3n) is 4.23. The molecule has 6 heteroatoms. The Balaban J connectivity index is 1.59. The van der Waals surface area contributed by atoms with E-state index in [1.165, 1.54) is 6.20 Å². The number of fused-ring (bicyclic) bond motifs is 1. The summed E-state index contributed by atoms with van der Waals surface area (Å²) in [5.74, 6) is -0.265. The number of rotatable bonds is 4. The van der Waals surface area contributed by atoms with Crippen LogP contribution in [-0.2, 0) is 6.54 Å². The molecule has 1 amide bonds. The van der Waals surface area contributed by atoms with Crippen molar-refractivity contribution < 1.29 is 4.79 Å². The summed E-state index contributed by atoms with van der Waals surface area (Å²) in [4.78, 5) is 16.7. The van der Waals surface area contributed by atoms with Crippen LogP contribution in [0.4, 0.5) is 0 Å². The van der Waals surface area contributed by atoms with Gasteiger partial charge in [0.2, 0.25) is 0 Å². The van der Waals surface area contributed by atoms with Crippen molar-refractivity contribution in [1.29, 1.82) is 5.26 Å². The van der Waals surface area contributed by atoms with E-state index < -0.39 is 5.54 Å². The molecule has 2 heterocycles. The standard InChI is InChI=1S/C18H15N5O/c19-12-18(6-7-18)22-17(24)15-8-14-10-21-23(16(14)20-9-15)11-13-4-2-1-3-5-13/h1-5,8-10H,6-7,11H2,(H,22,24). The average Bonchev–Trinajstić information content (AvgIpc) is 3.28. The molecule has 24 heavy (non-hydrogen) atoms. The first-order valence-corrected chi connectivity index (χ1v) is 7.78. The van der Waals surface area contributed by atoms with Crippen molar-refractivity contribution in [1.82, 2.24) is 20.1 Å². The van der Waals surface area contributed by atoms with Gasteiger partial charge in [0, 0.05) is 11.6 Å². The van der Waals surface area contributed by atoms with Crippen LogP contribution >= 0.6 is 0 Å². The largest absolute Gasteiger partial charge is 0.334 e. The van der Waals surface area contributed by atoms with Gasteiger partial charge in [0.15, 0.2) is 5.65 Å². The quantitative estimate of drug-likeness (QED) is 0.800. The lowest BCUT2D eigenvalue weighted by molar-refractivity contribution is 0.0941. The molecule has 0 aliphatic heterocycles. The van der Waals surface area contributed by atoms with E-state index in [-0.39, 0.29) is 5.91 Å². The highest BCUT2D eigenvalue weighted by molar-refractivity contribution is 5.97. The zero-order valence-corrected chi connectivity index (χ0v) is 12.9. The van der Waals surface area contributed by atoms with Crippen molar-refractivity contribution in [2.45, 2.75) is 24.9 Å². The Hall–Kier alpha value is -3.20. The second-order valence-electron chi connectivity index (χ2n) is 6.07. The van der Waals surface area contributed by atoms with Gasteiger partial charge in [-0.1, -0.05) is 30.3 Å². The fourth-order valence-corrected chi connectivity index (χ4v) is 2.65. The number of amides is 1. The molecule has 0 radical (unpaired) electrons. The van der Waals surface area contributed by atoms with Crippen molar-refractivity contribution in [3.8, 4) is 6.07 Å². The molecule has 0 spiro atoms. The highest BCUT2D eigenvalue weighted by Crippen LogP contribution is 2.34. The van der Waals surface area contributed by atoms with Crippen LogP contribution in [0.5, 0.6) is 0 Å². The van der Waals surface area contributed by atoms with E-state index in [1.54, 1.807) is 12.3 Å². The number of hydrogen-bond donors (Lipinski definition) is 1. The van der Waals surface area contributed by atoms with E-state index in [1.807, 2.05) is 35.0 Å². The van der Waals surface area contributed by atoms with Crippen molar-refractivity contribution in [3.63, 3.8) is 0 Å². The van der Waals surface area contributed by atoms with Crippen LogP contribution in [0.25, 0.3) is 11.0 Å². The topological polar surface area (TPSA) is 83.6 Å². The molecule has 2 aromatic heterocycles. The van der Waals surface area contributed by atoms with E-state index in [0.29, 0.717) is 24.9 Å². The van der Waals surface area contributed by atoms with E-state index >= 15 is 0 Å². The van der Waals surface area contributed by atoms with E-state index in [2.05, 4.69) is 21.5 Å². The molecule has 6 nitrogen and oxygen atoms in total. The molecule has 1 aliphatic carbocycles. The molecular formula is C18H15N5O. The average molecular weight is 317 g/mol. The first kappa shape index (κ1) is 14.4. The summed E-state index contributed by atoms with van der Waals surface area (Å²) in [5.41, 5.74) is 1.64. The van der Waals surface area contributed by atoms with Crippen LogP contribution in [0.2, 0.25) is 0 Å². The predicted octanol–water partition coefficient (Wildman–Crippen LogP) is 2.27. The number of benzene rings is 1. The molecule has 1 aromatic carbocycles. The Labute approximate surface area is 138 Å². The number of aromatic nitrogens is 3. The maximum absolute atomic E-state index is 12.3.